The smallest absolute Gasteiger partial charge is 0.348 e. The molecule has 44 heavy (non-hydrogen) atoms. The van der Waals surface area contributed by atoms with Gasteiger partial charge in [0.2, 0.25) is 16.0 Å². The van der Waals surface area contributed by atoms with E-state index in [0.29, 0.717) is 18.3 Å². The topological polar surface area (TPSA) is 99.5 Å². The monoisotopic (exact) mass is 646 g/mol. The van der Waals surface area contributed by atoms with Crippen LogP contribution in [0.4, 0.5) is 32.3 Å². The van der Waals surface area contributed by atoms with Crippen molar-refractivity contribution >= 4 is 16.0 Å². The predicted molar refractivity (Wildman–Crippen MR) is 150 cm³/mol. The Bertz CT molecular complexity index is 1570. The molecule has 17 heteroatoms. The molecule has 0 saturated carbocycles. The number of nitrogens with one attached hydrogen (secondary N) is 1. The molecule has 5 rings (SSSR count). The van der Waals surface area contributed by atoms with E-state index in [1.54, 1.807) is 0 Å². The molecule has 3 aromatic rings. The molecule has 4 heterocycles. The number of imidazole rings is 1. The summed E-state index contributed by atoms with van der Waals surface area (Å²) < 4.78 is 112. The normalized spacial score (nSPS) is 21.1. The molecular formula is C27H32F6N8O2S. The van der Waals surface area contributed by atoms with Crippen molar-refractivity contribution in [1.29, 1.82) is 0 Å². The second-order valence-corrected chi connectivity index (χ2v) is 12.9. The van der Waals surface area contributed by atoms with E-state index in [1.807, 2.05) is 0 Å². The highest BCUT2D eigenvalue weighted by Crippen LogP contribution is 2.36. The van der Waals surface area contributed by atoms with Crippen LogP contribution < -0.4 is 5.32 Å². The van der Waals surface area contributed by atoms with Crippen LogP contribution in [0.1, 0.15) is 24.5 Å². The molecule has 2 saturated heterocycles. The van der Waals surface area contributed by atoms with Gasteiger partial charge in [-0.3, -0.25) is 4.90 Å². The molecule has 0 bridgehead atoms. The molecule has 2 fully saturated rings. The number of piperidine rings is 1. The van der Waals surface area contributed by atoms with E-state index in [9.17, 15) is 26.0 Å². The summed E-state index contributed by atoms with van der Waals surface area (Å²) in [4.78, 5) is 15.9. The van der Waals surface area contributed by atoms with Crippen LogP contribution in [0.25, 0.3) is 17.1 Å². The number of nitrogens with zero attached hydrogens (tertiary/aromatic N) is 7. The van der Waals surface area contributed by atoms with Gasteiger partial charge in [0.1, 0.15) is 35.1 Å². The summed E-state index contributed by atoms with van der Waals surface area (Å²) in [6, 6.07) is 1.42. The number of hydrogen-bond donors (Lipinski definition) is 1. The molecule has 240 valence electrons. The fourth-order valence-corrected chi connectivity index (χ4v) is 6.26. The Morgan fingerprint density at radius 1 is 1.02 bits per heavy atom. The molecule has 0 radical (unpaired) electrons. The van der Waals surface area contributed by atoms with Gasteiger partial charge < -0.3 is 14.8 Å². The van der Waals surface area contributed by atoms with Crippen LogP contribution in [0.15, 0.2) is 30.9 Å². The lowest BCUT2D eigenvalue weighted by atomic mass is 10.1. The molecule has 2 aliphatic heterocycles. The van der Waals surface area contributed by atoms with Gasteiger partial charge in [0.15, 0.2) is 11.6 Å². The first-order valence-electron chi connectivity index (χ1n) is 14.0. The van der Waals surface area contributed by atoms with Crippen LogP contribution in [-0.4, -0.2) is 106 Å². The lowest BCUT2D eigenvalue weighted by Gasteiger charge is -2.34. The average molecular weight is 647 g/mol. The Labute approximate surface area is 250 Å². The molecule has 0 unspecified atom stereocenters. The number of sulfonamides is 1. The van der Waals surface area contributed by atoms with E-state index in [4.69, 9.17) is 0 Å². The van der Waals surface area contributed by atoms with E-state index in [0.717, 1.165) is 60.4 Å². The van der Waals surface area contributed by atoms with Gasteiger partial charge >= 0.3 is 6.18 Å². The third-order valence-corrected chi connectivity index (χ3v) is 9.13. The van der Waals surface area contributed by atoms with Crippen molar-refractivity contribution in [2.24, 2.45) is 0 Å². The van der Waals surface area contributed by atoms with Gasteiger partial charge in [-0.15, -0.1) is 0 Å². The zero-order valence-corrected chi connectivity index (χ0v) is 24.8. The first-order chi connectivity index (χ1) is 20.7. The second kappa shape index (κ2) is 12.6. The average Bonchev–Trinajstić information content (AvgIpc) is 3.42. The first-order valence-corrected chi connectivity index (χ1v) is 15.8. The van der Waals surface area contributed by atoms with Crippen LogP contribution in [0.2, 0.25) is 0 Å². The molecule has 1 aromatic carbocycles. The first kappa shape index (κ1) is 32.1. The third-order valence-electron chi connectivity index (χ3n) is 7.86. The largest absolute Gasteiger partial charge is 0.420 e. The number of piperazine rings is 1. The molecule has 2 aliphatic rings. The minimum atomic E-state index is -4.90. The van der Waals surface area contributed by atoms with Crippen molar-refractivity contribution in [2.45, 2.75) is 38.3 Å². The standard InChI is InChI=1S/C27H32F6N8O2S/c1-3-38-6-8-39(9-7-38)13-17-10-19(28)25(20(29)11-17)40-15-23(35-16-40)24-18(27(31,32)33)12-34-26(37-24)36-22-4-5-41(14-21(22)30)44(2,42)43/h10-12,15-16,21-22H,3-9,13-14H2,1-2H3,(H,34,36,37)/t21-,22+/m1/s1. The number of rotatable bonds is 8. The molecule has 10 nitrogen and oxygen atoms in total. The number of alkyl halides is 4. The SMILES string of the molecule is CCN1CCN(Cc2cc(F)c(-n3cnc(-c4nc(N[C@H]5CCN(S(C)(=O)=O)C[C@H]5F)ncc4C(F)(F)F)c3)c(F)c2)CC1. The van der Waals surface area contributed by atoms with Crippen molar-refractivity contribution in [2.75, 3.05) is 57.4 Å². The molecule has 0 spiro atoms. The molecule has 1 N–H and O–H groups in total. The van der Waals surface area contributed by atoms with Gasteiger partial charge in [-0.1, -0.05) is 6.92 Å². The van der Waals surface area contributed by atoms with E-state index >= 15 is 8.78 Å². The Morgan fingerprint density at radius 3 is 2.27 bits per heavy atom. The summed E-state index contributed by atoms with van der Waals surface area (Å²) in [5.74, 6) is -2.16. The highest BCUT2D eigenvalue weighted by molar-refractivity contribution is 7.88. The zero-order valence-electron chi connectivity index (χ0n) is 24.0. The van der Waals surface area contributed by atoms with Gasteiger partial charge in [0.25, 0.3) is 0 Å². The number of benzene rings is 1. The second-order valence-electron chi connectivity index (χ2n) is 10.9. The Balaban J connectivity index is 1.38. The summed E-state index contributed by atoms with van der Waals surface area (Å²) in [5, 5.41) is 2.65. The summed E-state index contributed by atoms with van der Waals surface area (Å²) >= 11 is 0. The van der Waals surface area contributed by atoms with Gasteiger partial charge in [-0.05, 0) is 30.7 Å². The van der Waals surface area contributed by atoms with Crippen molar-refractivity contribution in [1.82, 2.24) is 33.6 Å². The molecule has 2 aromatic heterocycles. The van der Waals surface area contributed by atoms with Gasteiger partial charge in [0.05, 0.1) is 12.3 Å². The number of likely N-dealkylation sites (N-methyl/N-ethyl adjacent to an activating group) is 1. The molecule has 0 aliphatic carbocycles. The lowest BCUT2D eigenvalue weighted by Crippen LogP contribution is -2.49. The number of halogens is 6. The van der Waals surface area contributed by atoms with Crippen molar-refractivity contribution in [3.63, 3.8) is 0 Å². The number of anilines is 1. The quantitative estimate of drug-likeness (QED) is 0.372. The highest BCUT2D eigenvalue weighted by atomic mass is 32.2. The van der Waals surface area contributed by atoms with E-state index < -0.39 is 63.5 Å². The maximum absolute atomic E-state index is 15.2. The van der Waals surface area contributed by atoms with Crippen LogP contribution in [0, 0.1) is 11.6 Å². The minimum Gasteiger partial charge on any atom is -0.348 e. The predicted octanol–water partition coefficient (Wildman–Crippen LogP) is 3.55. The van der Waals surface area contributed by atoms with E-state index in [1.165, 1.54) is 12.1 Å². The maximum Gasteiger partial charge on any atom is 0.420 e. The van der Waals surface area contributed by atoms with Crippen molar-refractivity contribution in [3.8, 4) is 17.1 Å². The third kappa shape index (κ3) is 7.16. The van der Waals surface area contributed by atoms with E-state index in [2.05, 4.69) is 37.0 Å². The highest BCUT2D eigenvalue weighted by Gasteiger charge is 2.37. The molecule has 0 amide bonds. The number of hydrogen-bond acceptors (Lipinski definition) is 8. The Morgan fingerprint density at radius 2 is 1.68 bits per heavy atom. The fourth-order valence-electron chi connectivity index (χ4n) is 5.41. The van der Waals surface area contributed by atoms with Crippen molar-refractivity contribution in [3.05, 3.63) is 53.6 Å². The van der Waals surface area contributed by atoms with Crippen LogP contribution in [0.3, 0.4) is 0 Å². The van der Waals surface area contributed by atoms with Gasteiger partial charge in [0, 0.05) is 58.2 Å². The Hall–Kier alpha value is -3.28. The van der Waals surface area contributed by atoms with E-state index in [-0.39, 0.29) is 24.6 Å². The Kier molecular flexibility index (Phi) is 9.21. The maximum atomic E-state index is 15.2. The zero-order chi connectivity index (χ0) is 31.8. The minimum absolute atomic E-state index is 0.000227. The van der Waals surface area contributed by atoms with Crippen LogP contribution in [0.5, 0.6) is 0 Å². The van der Waals surface area contributed by atoms with Gasteiger partial charge in [-0.2, -0.15) is 17.5 Å². The van der Waals surface area contributed by atoms with Gasteiger partial charge in [-0.25, -0.2) is 36.5 Å². The number of aromatic nitrogens is 4. The summed E-state index contributed by atoms with van der Waals surface area (Å²) in [6.45, 7) is 6.14. The lowest BCUT2D eigenvalue weighted by molar-refractivity contribution is -0.137. The van der Waals surface area contributed by atoms with Crippen LogP contribution >= 0.6 is 0 Å². The fraction of sp³-hybridized carbons (Fsp3) is 0.519. The molecule has 2 atom stereocenters. The molecular weight excluding hydrogens is 614 g/mol. The van der Waals surface area contributed by atoms with Crippen molar-refractivity contribution < 1.29 is 34.8 Å². The summed E-state index contributed by atoms with van der Waals surface area (Å²) in [5.41, 5.74) is -2.36. The summed E-state index contributed by atoms with van der Waals surface area (Å²) in [6.07, 6.45) is -3.09. The summed E-state index contributed by atoms with van der Waals surface area (Å²) in [7, 11) is -3.62. The van der Waals surface area contributed by atoms with Crippen LogP contribution in [-0.2, 0) is 22.7 Å².